The number of rotatable bonds is 12. The maximum atomic E-state index is 2.66. The second-order valence-electron chi connectivity index (χ2n) is 24.3. The molecule has 5 heteroatoms. The third-order valence-electron chi connectivity index (χ3n) is 18.4. The van der Waals surface area contributed by atoms with E-state index in [4.69, 9.17) is 0 Å². The van der Waals surface area contributed by atoms with E-state index in [1.165, 1.54) is 124 Å². The molecular formula is C82H64BNSSi2. The van der Waals surface area contributed by atoms with Gasteiger partial charge in [-0.1, -0.05) is 335 Å². The molecule has 0 atom stereocenters. The third kappa shape index (κ3) is 9.32. The van der Waals surface area contributed by atoms with Crippen molar-refractivity contribution in [2.75, 3.05) is 4.90 Å². The van der Waals surface area contributed by atoms with E-state index in [9.17, 15) is 0 Å². The fourth-order valence-electron chi connectivity index (χ4n) is 14.3. The van der Waals surface area contributed by atoms with Crippen LogP contribution in [0.3, 0.4) is 0 Å². The number of fused-ring (bicyclic) bond motifs is 4. The molecule has 2 heterocycles. The molecule has 0 radical (unpaired) electrons. The summed E-state index contributed by atoms with van der Waals surface area (Å²) in [5.74, 6) is 0. The Morgan fingerprint density at radius 2 is 0.701 bits per heavy atom. The van der Waals surface area contributed by atoms with Crippen molar-refractivity contribution in [1.29, 1.82) is 0 Å². The average molecular weight is 1160 g/mol. The molecule has 0 amide bonds. The Bertz CT molecular complexity index is 4550. The van der Waals surface area contributed by atoms with Crippen LogP contribution in [0.4, 0.5) is 17.1 Å². The first-order valence-electron chi connectivity index (χ1n) is 30.4. The number of benzene rings is 13. The predicted octanol–water partition coefficient (Wildman–Crippen LogP) is 13.5. The van der Waals surface area contributed by atoms with Gasteiger partial charge in [-0.15, -0.1) is 0 Å². The molecule has 414 valence electrons. The van der Waals surface area contributed by atoms with Crippen LogP contribution >= 0.6 is 11.8 Å². The van der Waals surface area contributed by atoms with E-state index in [1.807, 2.05) is 11.8 Å². The van der Waals surface area contributed by atoms with Gasteiger partial charge >= 0.3 is 0 Å². The largest absolute Gasteiger partial charge is 0.311 e. The van der Waals surface area contributed by atoms with Crippen molar-refractivity contribution in [2.45, 2.75) is 36.0 Å². The summed E-state index contributed by atoms with van der Waals surface area (Å²) in [5.41, 5.74) is 16.1. The van der Waals surface area contributed by atoms with Crippen LogP contribution in [0.25, 0.3) is 33.4 Å². The molecule has 0 spiro atoms. The lowest BCUT2D eigenvalue weighted by Crippen LogP contribution is -2.75. The van der Waals surface area contributed by atoms with Crippen LogP contribution in [-0.2, 0) is 5.41 Å². The van der Waals surface area contributed by atoms with Crippen molar-refractivity contribution >= 4 is 110 Å². The summed E-state index contributed by atoms with van der Waals surface area (Å²) in [7, 11) is -6.28. The van der Waals surface area contributed by atoms with Crippen molar-refractivity contribution in [3.05, 3.63) is 339 Å². The van der Waals surface area contributed by atoms with Gasteiger partial charge in [0.2, 0.25) is 6.71 Å². The zero-order valence-electron chi connectivity index (χ0n) is 49.2. The molecule has 0 fully saturated rings. The van der Waals surface area contributed by atoms with Crippen molar-refractivity contribution in [1.82, 2.24) is 0 Å². The molecule has 0 aliphatic carbocycles. The summed E-state index contributed by atoms with van der Waals surface area (Å²) < 4.78 is 0. The first-order chi connectivity index (χ1) is 42.8. The standard InChI is InChI=1S/C82H64BNSSi2/c1-82(2,3)64-49-52-76(73(55-64)61-33-15-6-16-34-61)84-77-48-26-25-47-74(77)83-75-51-50-71(86(65-37-17-7-18-38-65,66-39-19-8-20-40-66)69-45-27-35-62(53-69)59-29-11-4-12-30-59)57-79(75)85-80-58-72(56-78(84)81(80)83)87(67-41-21-9-22-42-67,68-43-23-10-24-44-68)70-46-28-36-63(54-70)60-31-13-5-14-32-60/h4-58H,1-3H3. The second-order valence-corrected chi connectivity index (χ2v) is 33.0. The Morgan fingerprint density at radius 3 is 1.21 bits per heavy atom. The van der Waals surface area contributed by atoms with Crippen LogP contribution in [0.1, 0.15) is 26.3 Å². The monoisotopic (exact) mass is 1160 g/mol. The number of anilines is 3. The average Bonchev–Trinajstić information content (AvgIpc) is 0.755. The first-order valence-corrected chi connectivity index (χ1v) is 35.2. The molecule has 2 aliphatic rings. The van der Waals surface area contributed by atoms with Gasteiger partial charge in [0.15, 0.2) is 16.1 Å². The predicted molar refractivity (Wildman–Crippen MR) is 379 cm³/mol. The molecule has 0 unspecified atom stereocenters. The number of hydrogen-bond acceptors (Lipinski definition) is 2. The summed E-state index contributed by atoms with van der Waals surface area (Å²) in [6.07, 6.45) is 0. The number of para-hydroxylation sites is 1. The van der Waals surface area contributed by atoms with Gasteiger partial charge in [-0.05, 0) is 128 Å². The molecule has 87 heavy (non-hydrogen) atoms. The van der Waals surface area contributed by atoms with Gasteiger partial charge in [-0.3, -0.25) is 0 Å². The molecule has 0 bridgehead atoms. The summed E-state index contributed by atoms with van der Waals surface area (Å²) >= 11 is 1.98. The van der Waals surface area contributed by atoms with Crippen LogP contribution < -0.4 is 62.8 Å². The minimum atomic E-state index is -3.23. The Labute approximate surface area is 519 Å². The molecule has 2 aliphatic heterocycles. The van der Waals surface area contributed by atoms with Gasteiger partial charge in [0.05, 0.1) is 5.69 Å². The molecule has 15 rings (SSSR count). The van der Waals surface area contributed by atoms with Gasteiger partial charge in [0.1, 0.15) is 0 Å². The summed E-state index contributed by atoms with van der Waals surface area (Å²) in [5, 5.41) is 10.8. The van der Waals surface area contributed by atoms with Crippen LogP contribution in [0, 0.1) is 0 Å². The highest BCUT2D eigenvalue weighted by Gasteiger charge is 2.48. The molecule has 0 saturated heterocycles. The highest BCUT2D eigenvalue weighted by atomic mass is 32.2. The van der Waals surface area contributed by atoms with Gasteiger partial charge < -0.3 is 4.90 Å². The lowest BCUT2D eigenvalue weighted by atomic mass is 9.35. The van der Waals surface area contributed by atoms with Crippen LogP contribution in [0.15, 0.2) is 343 Å². The molecular weight excluding hydrogens is 1100 g/mol. The highest BCUT2D eigenvalue weighted by Crippen LogP contribution is 2.46. The zero-order valence-corrected chi connectivity index (χ0v) is 52.0. The molecule has 0 aromatic heterocycles. The lowest BCUT2D eigenvalue weighted by molar-refractivity contribution is 0.590. The zero-order chi connectivity index (χ0) is 58.5. The number of nitrogens with zero attached hydrogens (tertiary/aromatic N) is 1. The van der Waals surface area contributed by atoms with E-state index in [-0.39, 0.29) is 12.1 Å². The van der Waals surface area contributed by atoms with E-state index in [2.05, 4.69) is 359 Å². The SMILES string of the molecule is CC(C)(C)c1ccc(N2c3ccccc3B3c4ccc([Si](c5ccccc5)(c5ccccc5)c5cccc(-c6ccccc6)c5)cc4Sc4cc([Si](c5ccccc5)(c5ccccc5)c5cccc(-c6ccccc6)c5)cc2c43)c(-c2ccccc2)c1. The van der Waals surface area contributed by atoms with Crippen LogP contribution in [0.5, 0.6) is 0 Å². The maximum absolute atomic E-state index is 3.23. The van der Waals surface area contributed by atoms with Crippen LogP contribution in [0.2, 0.25) is 0 Å². The molecule has 13 aromatic carbocycles. The summed E-state index contributed by atoms with van der Waals surface area (Å²) in [4.78, 5) is 5.25. The Hall–Kier alpha value is -9.49. The van der Waals surface area contributed by atoms with Crippen LogP contribution in [-0.4, -0.2) is 22.9 Å². The summed E-state index contributed by atoms with van der Waals surface area (Å²) in [6, 6.07) is 127. The first kappa shape index (κ1) is 54.2. The fraction of sp³-hybridized carbons (Fsp3) is 0.0488. The second kappa shape index (κ2) is 22.4. The van der Waals surface area contributed by atoms with Gasteiger partial charge in [0, 0.05) is 26.7 Å². The van der Waals surface area contributed by atoms with E-state index in [1.54, 1.807) is 0 Å². The topological polar surface area (TPSA) is 3.24 Å². The maximum Gasteiger partial charge on any atom is 0.249 e. The molecule has 0 N–H and O–H groups in total. The highest BCUT2D eigenvalue weighted by molar-refractivity contribution is 8.00. The van der Waals surface area contributed by atoms with Crippen molar-refractivity contribution in [2.24, 2.45) is 0 Å². The van der Waals surface area contributed by atoms with Crippen molar-refractivity contribution in [3.8, 4) is 33.4 Å². The minimum Gasteiger partial charge on any atom is -0.311 e. The Balaban J connectivity index is 1.04. The Kier molecular flexibility index (Phi) is 14.0. The van der Waals surface area contributed by atoms with E-state index in [0.717, 1.165) is 0 Å². The van der Waals surface area contributed by atoms with E-state index >= 15 is 0 Å². The van der Waals surface area contributed by atoms with Gasteiger partial charge in [0.25, 0.3) is 0 Å². The Morgan fingerprint density at radius 1 is 0.287 bits per heavy atom. The number of hydrogen-bond donors (Lipinski definition) is 0. The summed E-state index contributed by atoms with van der Waals surface area (Å²) in [6.45, 7) is 6.94. The van der Waals surface area contributed by atoms with Gasteiger partial charge in [-0.25, -0.2) is 0 Å². The van der Waals surface area contributed by atoms with Gasteiger partial charge in [-0.2, -0.15) is 0 Å². The minimum absolute atomic E-state index is 0.0484. The van der Waals surface area contributed by atoms with Crippen molar-refractivity contribution < 1.29 is 0 Å². The third-order valence-corrected chi connectivity index (χ3v) is 29.0. The smallest absolute Gasteiger partial charge is 0.249 e. The van der Waals surface area contributed by atoms with E-state index < -0.39 is 16.1 Å². The quantitative estimate of drug-likeness (QED) is 0.0886. The fourth-order valence-corrected chi connectivity index (χ4v) is 25.4. The lowest BCUT2D eigenvalue weighted by Gasteiger charge is -2.43. The molecule has 0 saturated carbocycles. The molecule has 13 aromatic rings. The van der Waals surface area contributed by atoms with Crippen molar-refractivity contribution in [3.63, 3.8) is 0 Å². The normalized spacial score (nSPS) is 12.7. The molecule has 1 nitrogen and oxygen atoms in total. The van der Waals surface area contributed by atoms with E-state index in [0.29, 0.717) is 0 Å².